The lowest BCUT2D eigenvalue weighted by Gasteiger charge is -2.18. The lowest BCUT2D eigenvalue weighted by Crippen LogP contribution is -2.86. The van der Waals surface area contributed by atoms with Crippen LogP contribution in [0.25, 0.3) is 16.6 Å². The Morgan fingerprint density at radius 2 is 1.85 bits per heavy atom. The second-order valence-corrected chi connectivity index (χ2v) is 7.56. The third-order valence-electron chi connectivity index (χ3n) is 4.56. The van der Waals surface area contributed by atoms with Gasteiger partial charge in [-0.05, 0) is 49.4 Å². The van der Waals surface area contributed by atoms with Crippen molar-refractivity contribution in [3.8, 4) is 11.4 Å². The maximum absolute atomic E-state index is 13.3. The minimum atomic E-state index is -0.0957. The fraction of sp³-hybridized carbons (Fsp3) is 0.333. The van der Waals surface area contributed by atoms with E-state index in [4.69, 9.17) is 21.3 Å². The van der Waals surface area contributed by atoms with Crippen LogP contribution in [-0.2, 0) is 0 Å². The van der Waals surface area contributed by atoms with Gasteiger partial charge in [-0.2, -0.15) is 0 Å². The molecule has 0 fully saturated rings. The van der Waals surface area contributed by atoms with Crippen LogP contribution in [0.3, 0.4) is 0 Å². The molecule has 0 bridgehead atoms. The van der Waals surface area contributed by atoms with Gasteiger partial charge in [0.15, 0.2) is 5.82 Å². The van der Waals surface area contributed by atoms with E-state index in [9.17, 15) is 4.79 Å². The van der Waals surface area contributed by atoms with Crippen molar-refractivity contribution in [2.24, 2.45) is 5.92 Å². The number of methoxy groups -OCH3 is 1. The summed E-state index contributed by atoms with van der Waals surface area (Å²) >= 11 is 6.13. The quantitative estimate of drug-likeness (QED) is 0.706. The standard InChI is InChI=1S/C21H24ClN3O2/c1-13(2)12-23-14(3)20-24-19-11-15(22)5-10-18(19)21(26)25(20)16-6-8-17(27-4)9-7-16/h5-11,13-14,23H,12H2,1-4H3/p+1/t14-/m0/s1. The Labute approximate surface area is 164 Å². The van der Waals surface area contributed by atoms with Crippen LogP contribution >= 0.6 is 11.6 Å². The van der Waals surface area contributed by atoms with Crippen molar-refractivity contribution in [3.05, 3.63) is 63.7 Å². The smallest absolute Gasteiger partial charge is 0.266 e. The fourth-order valence-electron chi connectivity index (χ4n) is 3.04. The molecule has 0 saturated heterocycles. The van der Waals surface area contributed by atoms with E-state index in [2.05, 4.69) is 26.1 Å². The van der Waals surface area contributed by atoms with Crippen LogP contribution in [-0.4, -0.2) is 23.2 Å². The number of ether oxygens (including phenoxy) is 1. The molecule has 6 heteroatoms. The van der Waals surface area contributed by atoms with Gasteiger partial charge in [0.25, 0.3) is 5.56 Å². The summed E-state index contributed by atoms with van der Waals surface area (Å²) in [7, 11) is 1.62. The summed E-state index contributed by atoms with van der Waals surface area (Å²) in [5.74, 6) is 2.00. The van der Waals surface area contributed by atoms with Crippen molar-refractivity contribution in [2.45, 2.75) is 26.8 Å². The molecule has 0 amide bonds. The van der Waals surface area contributed by atoms with Crippen molar-refractivity contribution in [1.29, 1.82) is 0 Å². The van der Waals surface area contributed by atoms with Gasteiger partial charge in [0.05, 0.1) is 30.2 Å². The molecular weight excluding hydrogens is 362 g/mol. The van der Waals surface area contributed by atoms with Crippen molar-refractivity contribution >= 4 is 22.5 Å². The highest BCUT2D eigenvalue weighted by molar-refractivity contribution is 6.31. The average Bonchev–Trinajstić information content (AvgIpc) is 2.65. The first-order chi connectivity index (χ1) is 12.9. The SMILES string of the molecule is COc1ccc(-n2c([C@H](C)[NH2+]CC(C)C)nc3cc(Cl)ccc3c2=O)cc1. The first-order valence-electron chi connectivity index (χ1n) is 9.10. The first kappa shape index (κ1) is 19.4. The molecule has 0 unspecified atom stereocenters. The van der Waals surface area contributed by atoms with Crippen LogP contribution in [0.1, 0.15) is 32.6 Å². The Hall–Kier alpha value is -2.37. The van der Waals surface area contributed by atoms with Crippen molar-refractivity contribution in [3.63, 3.8) is 0 Å². The summed E-state index contributed by atoms with van der Waals surface area (Å²) in [6, 6.07) is 12.7. The highest BCUT2D eigenvalue weighted by atomic mass is 35.5. The predicted octanol–water partition coefficient (Wildman–Crippen LogP) is 3.33. The lowest BCUT2D eigenvalue weighted by molar-refractivity contribution is -0.698. The molecule has 1 heterocycles. The topological polar surface area (TPSA) is 60.7 Å². The number of rotatable bonds is 6. The Kier molecular flexibility index (Phi) is 5.82. The van der Waals surface area contributed by atoms with Crippen LogP contribution in [0.15, 0.2) is 47.3 Å². The molecular formula is C21H25ClN3O2+. The van der Waals surface area contributed by atoms with Gasteiger partial charge in [0, 0.05) is 10.9 Å². The number of fused-ring (bicyclic) bond motifs is 1. The van der Waals surface area contributed by atoms with Gasteiger partial charge in [0.2, 0.25) is 0 Å². The van der Waals surface area contributed by atoms with Crippen LogP contribution in [0.2, 0.25) is 5.02 Å². The van der Waals surface area contributed by atoms with E-state index in [0.717, 1.165) is 18.0 Å². The molecule has 0 saturated carbocycles. The summed E-state index contributed by atoms with van der Waals surface area (Å²) in [5, 5.41) is 3.33. The van der Waals surface area contributed by atoms with E-state index in [1.165, 1.54) is 0 Å². The Morgan fingerprint density at radius 3 is 2.48 bits per heavy atom. The zero-order valence-corrected chi connectivity index (χ0v) is 16.8. The molecule has 0 radical (unpaired) electrons. The molecule has 1 aromatic heterocycles. The zero-order chi connectivity index (χ0) is 19.6. The van der Waals surface area contributed by atoms with Gasteiger partial charge in [-0.3, -0.25) is 9.36 Å². The summed E-state index contributed by atoms with van der Waals surface area (Å²) in [6.07, 6.45) is 0. The van der Waals surface area contributed by atoms with Gasteiger partial charge in [-0.25, -0.2) is 4.98 Å². The number of halogens is 1. The van der Waals surface area contributed by atoms with Gasteiger partial charge in [-0.1, -0.05) is 25.4 Å². The van der Waals surface area contributed by atoms with Crippen molar-refractivity contribution in [1.82, 2.24) is 9.55 Å². The van der Waals surface area contributed by atoms with Gasteiger partial charge >= 0.3 is 0 Å². The maximum atomic E-state index is 13.3. The maximum Gasteiger partial charge on any atom is 0.266 e. The number of nitrogens with zero attached hydrogens (tertiary/aromatic N) is 2. The fourth-order valence-corrected chi connectivity index (χ4v) is 3.21. The molecule has 2 aromatic carbocycles. The minimum Gasteiger partial charge on any atom is -0.497 e. The normalized spacial score (nSPS) is 12.5. The zero-order valence-electron chi connectivity index (χ0n) is 16.1. The Morgan fingerprint density at radius 1 is 1.15 bits per heavy atom. The summed E-state index contributed by atoms with van der Waals surface area (Å²) in [6.45, 7) is 7.37. The molecule has 27 heavy (non-hydrogen) atoms. The van der Waals surface area contributed by atoms with Crippen LogP contribution < -0.4 is 15.6 Å². The number of benzene rings is 2. The van der Waals surface area contributed by atoms with Crippen molar-refractivity contribution in [2.75, 3.05) is 13.7 Å². The second kappa shape index (κ2) is 8.11. The lowest BCUT2D eigenvalue weighted by atomic mass is 10.1. The second-order valence-electron chi connectivity index (χ2n) is 7.12. The van der Waals surface area contributed by atoms with Crippen LogP contribution in [0, 0.1) is 5.92 Å². The van der Waals surface area contributed by atoms with Gasteiger partial charge in [-0.15, -0.1) is 0 Å². The number of aromatic nitrogens is 2. The highest BCUT2D eigenvalue weighted by Crippen LogP contribution is 2.21. The molecule has 0 aliphatic carbocycles. The summed E-state index contributed by atoms with van der Waals surface area (Å²) in [5.41, 5.74) is 1.30. The van der Waals surface area contributed by atoms with Crippen LogP contribution in [0.4, 0.5) is 0 Å². The average molecular weight is 387 g/mol. The number of nitrogens with two attached hydrogens (primary N) is 1. The molecule has 2 N–H and O–H groups in total. The third-order valence-corrected chi connectivity index (χ3v) is 4.79. The van der Waals surface area contributed by atoms with Gasteiger partial charge < -0.3 is 10.1 Å². The first-order valence-corrected chi connectivity index (χ1v) is 9.48. The van der Waals surface area contributed by atoms with E-state index < -0.39 is 0 Å². The largest absolute Gasteiger partial charge is 0.497 e. The number of hydrogen-bond donors (Lipinski definition) is 1. The predicted molar refractivity (Wildman–Crippen MR) is 109 cm³/mol. The monoisotopic (exact) mass is 386 g/mol. The Bertz CT molecular complexity index is 997. The number of quaternary nitrogens is 1. The molecule has 142 valence electrons. The highest BCUT2D eigenvalue weighted by Gasteiger charge is 2.20. The molecule has 3 rings (SSSR count). The van der Waals surface area contributed by atoms with E-state index in [1.807, 2.05) is 24.3 Å². The Balaban J connectivity index is 2.21. The summed E-state index contributed by atoms with van der Waals surface area (Å²) < 4.78 is 6.93. The summed E-state index contributed by atoms with van der Waals surface area (Å²) in [4.78, 5) is 18.1. The molecule has 5 nitrogen and oxygen atoms in total. The van der Waals surface area contributed by atoms with E-state index in [1.54, 1.807) is 29.9 Å². The molecule has 0 aliphatic heterocycles. The van der Waals surface area contributed by atoms with Crippen LogP contribution in [0.5, 0.6) is 5.75 Å². The van der Waals surface area contributed by atoms with Gasteiger partial charge in [0.1, 0.15) is 11.8 Å². The third kappa shape index (κ3) is 4.15. The number of hydrogen-bond acceptors (Lipinski definition) is 3. The van der Waals surface area contributed by atoms with Crippen molar-refractivity contribution < 1.29 is 10.1 Å². The molecule has 0 spiro atoms. The van der Waals surface area contributed by atoms with E-state index in [-0.39, 0.29) is 11.6 Å². The minimum absolute atomic E-state index is 0.0191. The van der Waals surface area contributed by atoms with E-state index in [0.29, 0.717) is 27.7 Å². The molecule has 0 aliphatic rings. The van der Waals surface area contributed by atoms with E-state index >= 15 is 0 Å². The molecule has 1 atom stereocenters. The molecule has 3 aromatic rings.